The van der Waals surface area contributed by atoms with Crippen LogP contribution in [0.5, 0.6) is 0 Å². The zero-order valence-corrected chi connectivity index (χ0v) is 10.9. The van der Waals surface area contributed by atoms with Gasteiger partial charge in [-0.05, 0) is 38.1 Å². The molecule has 0 atom stereocenters. The summed E-state index contributed by atoms with van der Waals surface area (Å²) in [6.45, 7) is 4.20. The summed E-state index contributed by atoms with van der Waals surface area (Å²) in [5.41, 5.74) is 4.55. The zero-order chi connectivity index (χ0) is 13.4. The van der Waals surface area contributed by atoms with Crippen molar-refractivity contribution in [3.8, 4) is 6.07 Å². The molecule has 0 aliphatic carbocycles. The fourth-order valence-corrected chi connectivity index (χ4v) is 2.28. The van der Waals surface area contributed by atoms with Crippen molar-refractivity contribution in [3.05, 3.63) is 36.0 Å². The molecule has 0 unspecified atom stereocenters. The molecule has 2 aromatic heterocycles. The largest absolute Gasteiger partial charge is 0.381 e. The molecule has 0 saturated heterocycles. The summed E-state index contributed by atoms with van der Waals surface area (Å²) in [6, 6.07) is 10.1. The minimum absolute atomic E-state index is 0.353. The second kappa shape index (κ2) is 4.29. The molecule has 0 bridgehead atoms. The van der Waals surface area contributed by atoms with Gasteiger partial charge in [0, 0.05) is 23.1 Å². The van der Waals surface area contributed by atoms with E-state index in [-0.39, 0.29) is 0 Å². The van der Waals surface area contributed by atoms with Crippen molar-refractivity contribution < 1.29 is 0 Å². The molecule has 3 rings (SSSR count). The standard InChI is InChI=1S/C15H14N4/c1-9(2)18-12-5-6-17-14-11-4-3-10(8-16)7-13(11)19-15(12)14/h3-7,9,19H,1-2H3,(H,17,18). The highest BCUT2D eigenvalue weighted by Crippen LogP contribution is 2.29. The molecule has 1 aromatic carbocycles. The van der Waals surface area contributed by atoms with Gasteiger partial charge in [-0.2, -0.15) is 5.26 Å². The Labute approximate surface area is 111 Å². The van der Waals surface area contributed by atoms with Gasteiger partial charge in [-0.15, -0.1) is 0 Å². The number of benzene rings is 1. The first-order valence-corrected chi connectivity index (χ1v) is 6.26. The Morgan fingerprint density at radius 2 is 2.16 bits per heavy atom. The van der Waals surface area contributed by atoms with Crippen molar-refractivity contribution in [1.29, 1.82) is 5.26 Å². The van der Waals surface area contributed by atoms with Crippen LogP contribution in [-0.2, 0) is 0 Å². The molecule has 2 heterocycles. The first-order valence-electron chi connectivity index (χ1n) is 6.26. The van der Waals surface area contributed by atoms with Crippen LogP contribution in [0.15, 0.2) is 30.5 Å². The number of fused-ring (bicyclic) bond motifs is 3. The molecule has 0 fully saturated rings. The molecule has 4 nitrogen and oxygen atoms in total. The molecule has 19 heavy (non-hydrogen) atoms. The summed E-state index contributed by atoms with van der Waals surface area (Å²) < 4.78 is 0. The van der Waals surface area contributed by atoms with E-state index in [2.05, 4.69) is 35.2 Å². The van der Waals surface area contributed by atoms with Crippen molar-refractivity contribution in [1.82, 2.24) is 9.97 Å². The highest BCUT2D eigenvalue weighted by atomic mass is 14.9. The van der Waals surface area contributed by atoms with Crippen molar-refractivity contribution in [3.63, 3.8) is 0 Å². The summed E-state index contributed by atoms with van der Waals surface area (Å²) >= 11 is 0. The lowest BCUT2D eigenvalue weighted by Crippen LogP contribution is -2.09. The summed E-state index contributed by atoms with van der Waals surface area (Å²) in [6.07, 6.45) is 1.80. The van der Waals surface area contributed by atoms with Gasteiger partial charge in [0.05, 0.1) is 28.4 Å². The Kier molecular flexibility index (Phi) is 2.60. The second-order valence-electron chi connectivity index (χ2n) is 4.88. The predicted molar refractivity (Wildman–Crippen MR) is 77.1 cm³/mol. The van der Waals surface area contributed by atoms with Gasteiger partial charge in [0.1, 0.15) is 0 Å². The number of nitrogens with one attached hydrogen (secondary N) is 2. The molecular formula is C15H14N4. The number of aromatic nitrogens is 2. The number of pyridine rings is 1. The van der Waals surface area contributed by atoms with Crippen LogP contribution in [-0.4, -0.2) is 16.0 Å². The van der Waals surface area contributed by atoms with Gasteiger partial charge in [0.2, 0.25) is 0 Å². The molecule has 0 radical (unpaired) electrons. The quantitative estimate of drug-likeness (QED) is 0.732. The number of anilines is 1. The van der Waals surface area contributed by atoms with Crippen LogP contribution in [0.4, 0.5) is 5.69 Å². The van der Waals surface area contributed by atoms with Crippen LogP contribution in [0.1, 0.15) is 19.4 Å². The number of nitrogens with zero attached hydrogens (tertiary/aromatic N) is 2. The van der Waals surface area contributed by atoms with E-state index in [4.69, 9.17) is 5.26 Å². The van der Waals surface area contributed by atoms with E-state index in [1.807, 2.05) is 24.3 Å². The molecule has 0 aliphatic heterocycles. The van der Waals surface area contributed by atoms with Crippen molar-refractivity contribution in [2.45, 2.75) is 19.9 Å². The van der Waals surface area contributed by atoms with Gasteiger partial charge in [-0.3, -0.25) is 4.98 Å². The average Bonchev–Trinajstić information content (AvgIpc) is 2.77. The summed E-state index contributed by atoms with van der Waals surface area (Å²) in [4.78, 5) is 7.79. The lowest BCUT2D eigenvalue weighted by atomic mass is 10.1. The Balaban J connectivity index is 2.30. The van der Waals surface area contributed by atoms with E-state index < -0.39 is 0 Å². The normalized spacial score (nSPS) is 11.1. The highest BCUT2D eigenvalue weighted by Gasteiger charge is 2.10. The van der Waals surface area contributed by atoms with E-state index in [9.17, 15) is 0 Å². The molecular weight excluding hydrogens is 236 g/mol. The average molecular weight is 250 g/mol. The van der Waals surface area contributed by atoms with Gasteiger partial charge >= 0.3 is 0 Å². The molecule has 0 aliphatic rings. The van der Waals surface area contributed by atoms with Gasteiger partial charge in [0.25, 0.3) is 0 Å². The third-order valence-corrected chi connectivity index (χ3v) is 3.06. The van der Waals surface area contributed by atoms with Gasteiger partial charge in [-0.1, -0.05) is 0 Å². The van der Waals surface area contributed by atoms with E-state index in [0.29, 0.717) is 11.6 Å². The molecule has 0 saturated carbocycles. The highest BCUT2D eigenvalue weighted by molar-refractivity contribution is 6.09. The minimum atomic E-state index is 0.353. The van der Waals surface area contributed by atoms with E-state index in [1.165, 1.54) is 0 Å². The first-order chi connectivity index (χ1) is 9.19. The number of hydrogen-bond donors (Lipinski definition) is 2. The Morgan fingerprint density at radius 1 is 1.32 bits per heavy atom. The van der Waals surface area contributed by atoms with Crippen molar-refractivity contribution >= 4 is 27.6 Å². The minimum Gasteiger partial charge on any atom is -0.381 e. The monoisotopic (exact) mass is 250 g/mol. The topological polar surface area (TPSA) is 64.5 Å². The summed E-state index contributed by atoms with van der Waals surface area (Å²) in [7, 11) is 0. The number of nitriles is 1. The van der Waals surface area contributed by atoms with Crippen LogP contribution in [0.25, 0.3) is 21.9 Å². The predicted octanol–water partition coefficient (Wildman–Crippen LogP) is 3.41. The lowest BCUT2D eigenvalue weighted by molar-refractivity contribution is 0.901. The maximum atomic E-state index is 8.95. The fourth-order valence-electron chi connectivity index (χ4n) is 2.28. The van der Waals surface area contributed by atoms with Crippen LogP contribution >= 0.6 is 0 Å². The van der Waals surface area contributed by atoms with Crippen LogP contribution in [0.3, 0.4) is 0 Å². The smallest absolute Gasteiger partial charge is 0.0992 e. The van der Waals surface area contributed by atoms with Crippen LogP contribution in [0.2, 0.25) is 0 Å². The molecule has 0 spiro atoms. The molecule has 3 aromatic rings. The fraction of sp³-hybridized carbons (Fsp3) is 0.200. The van der Waals surface area contributed by atoms with Crippen molar-refractivity contribution in [2.75, 3.05) is 5.32 Å². The number of hydrogen-bond acceptors (Lipinski definition) is 3. The van der Waals surface area contributed by atoms with Crippen LogP contribution in [0, 0.1) is 11.3 Å². The number of aromatic amines is 1. The maximum absolute atomic E-state index is 8.95. The molecule has 0 amide bonds. The van der Waals surface area contributed by atoms with Gasteiger partial charge in [-0.25, -0.2) is 0 Å². The third-order valence-electron chi connectivity index (χ3n) is 3.06. The lowest BCUT2D eigenvalue weighted by Gasteiger charge is -2.10. The SMILES string of the molecule is CC(C)Nc1ccnc2c1[nH]c1cc(C#N)ccc12. The van der Waals surface area contributed by atoms with E-state index in [0.717, 1.165) is 27.6 Å². The van der Waals surface area contributed by atoms with Crippen molar-refractivity contribution in [2.24, 2.45) is 0 Å². The maximum Gasteiger partial charge on any atom is 0.0992 e. The zero-order valence-electron chi connectivity index (χ0n) is 10.9. The summed E-state index contributed by atoms with van der Waals surface area (Å²) in [5, 5.41) is 13.4. The van der Waals surface area contributed by atoms with E-state index >= 15 is 0 Å². The number of rotatable bonds is 2. The first kappa shape index (κ1) is 11.5. The molecule has 94 valence electrons. The molecule has 4 heteroatoms. The Bertz CT molecular complexity index is 793. The molecule has 2 N–H and O–H groups in total. The van der Waals surface area contributed by atoms with Gasteiger partial charge in [0.15, 0.2) is 0 Å². The summed E-state index contributed by atoms with van der Waals surface area (Å²) in [5.74, 6) is 0. The third kappa shape index (κ3) is 1.89. The Hall–Kier alpha value is -2.54. The van der Waals surface area contributed by atoms with E-state index in [1.54, 1.807) is 6.20 Å². The van der Waals surface area contributed by atoms with Crippen LogP contribution < -0.4 is 5.32 Å². The second-order valence-corrected chi connectivity index (χ2v) is 4.88. The Morgan fingerprint density at radius 3 is 2.89 bits per heavy atom. The number of H-pyrrole nitrogens is 1. The van der Waals surface area contributed by atoms with Gasteiger partial charge < -0.3 is 10.3 Å².